The summed E-state index contributed by atoms with van der Waals surface area (Å²) in [6.45, 7) is 5.16. The Labute approximate surface area is 112 Å². The lowest BCUT2D eigenvalue weighted by molar-refractivity contribution is -0.697. The predicted molar refractivity (Wildman–Crippen MR) is 65.5 cm³/mol. The molecule has 1 aliphatic carbocycles. The van der Waals surface area contributed by atoms with E-state index in [1.165, 1.54) is 10.6 Å². The van der Waals surface area contributed by atoms with E-state index in [0.717, 1.165) is 18.5 Å². The zero-order chi connectivity index (χ0) is 11.5. The Balaban J connectivity index is 0.00000144. The van der Waals surface area contributed by atoms with Gasteiger partial charge in [0.25, 0.3) is 0 Å². The molecule has 0 bridgehead atoms. The maximum absolute atomic E-state index is 11.6. The van der Waals surface area contributed by atoms with Crippen LogP contribution in [0, 0.1) is 13.8 Å². The number of nitrogens with zero attached hydrogens (tertiary/aromatic N) is 1. The van der Waals surface area contributed by atoms with Crippen molar-refractivity contribution in [2.24, 2.45) is 0 Å². The lowest BCUT2D eigenvalue weighted by Gasteiger charge is -2.05. The third-order valence-electron chi connectivity index (χ3n) is 3.01. The van der Waals surface area contributed by atoms with Crippen LogP contribution < -0.4 is 17.0 Å². The molecule has 0 saturated heterocycles. The molecular weight excluding hydrogens is 254 g/mol. The molecule has 0 spiro atoms. The Hall–Kier alpha value is -0.930. The van der Waals surface area contributed by atoms with Gasteiger partial charge in [0, 0.05) is 25.3 Å². The molecule has 0 amide bonds. The van der Waals surface area contributed by atoms with Crippen LogP contribution in [0.15, 0.2) is 29.3 Å². The molecule has 92 valence electrons. The maximum atomic E-state index is 11.6. The van der Waals surface area contributed by atoms with Gasteiger partial charge in [0.05, 0.1) is 4.88 Å². The number of rotatable bonds is 3. The average molecular weight is 270 g/mol. The second-order valence-corrected chi connectivity index (χ2v) is 5.11. The molecule has 4 heteroatoms. The number of aromatic nitrogens is 1. The number of hydrogen-bond donors (Lipinski definition) is 0. The van der Waals surface area contributed by atoms with Gasteiger partial charge in [-0.25, -0.2) is 0 Å². The second-order valence-electron chi connectivity index (χ2n) is 4.06. The van der Waals surface area contributed by atoms with E-state index in [0.29, 0.717) is 6.42 Å². The fourth-order valence-corrected chi connectivity index (χ4v) is 2.61. The van der Waals surface area contributed by atoms with Crippen molar-refractivity contribution in [1.29, 1.82) is 0 Å². The molecule has 0 aliphatic heterocycles. The minimum Gasteiger partial charge on any atom is -1.00 e. The van der Waals surface area contributed by atoms with Crippen LogP contribution >= 0.6 is 11.3 Å². The Kier molecular flexibility index (Phi) is 5.09. The summed E-state index contributed by atoms with van der Waals surface area (Å²) in [6, 6.07) is 0. The Morgan fingerprint density at radius 2 is 2.18 bits per heavy atom. The third-order valence-corrected chi connectivity index (χ3v) is 4.02. The van der Waals surface area contributed by atoms with Gasteiger partial charge in [-0.15, -0.1) is 0 Å². The highest BCUT2D eigenvalue weighted by atomic mass is 35.5. The van der Waals surface area contributed by atoms with Crippen LogP contribution in [-0.4, -0.2) is 5.78 Å². The van der Waals surface area contributed by atoms with Crippen LogP contribution in [0.25, 0.3) is 0 Å². The van der Waals surface area contributed by atoms with Crippen molar-refractivity contribution in [3.63, 3.8) is 0 Å². The van der Waals surface area contributed by atoms with Crippen LogP contribution in [0.3, 0.4) is 0 Å². The maximum Gasteiger partial charge on any atom is 0.225 e. The fourth-order valence-electron chi connectivity index (χ4n) is 1.78. The van der Waals surface area contributed by atoms with Crippen LogP contribution in [0.4, 0.5) is 0 Å². The highest BCUT2D eigenvalue weighted by Gasteiger charge is 2.15. The predicted octanol–water partition coefficient (Wildman–Crippen LogP) is -0.498. The number of aryl methyl sites for hydroxylation is 2. The molecule has 0 aromatic carbocycles. The first-order chi connectivity index (χ1) is 7.68. The van der Waals surface area contributed by atoms with Crippen LogP contribution in [0.2, 0.25) is 0 Å². The van der Waals surface area contributed by atoms with Gasteiger partial charge in [-0.2, -0.15) is 4.57 Å². The zero-order valence-electron chi connectivity index (χ0n) is 10.1. The normalized spacial score (nSPS) is 14.5. The standard InChI is InChI=1S/C13H16NOS.ClH/c1-10-11(2)16-9-14(10)8-7-12-5-3-4-6-13(12)15;/h3-5,9H,6-8H2,1-2H3;1H/q+1;/p-1. The summed E-state index contributed by atoms with van der Waals surface area (Å²) >= 11 is 1.76. The van der Waals surface area contributed by atoms with Gasteiger partial charge in [-0.3, -0.25) is 4.79 Å². The molecule has 1 aromatic heterocycles. The van der Waals surface area contributed by atoms with E-state index < -0.39 is 0 Å². The Morgan fingerprint density at radius 3 is 2.76 bits per heavy atom. The molecule has 0 unspecified atom stereocenters. The van der Waals surface area contributed by atoms with Crippen molar-refractivity contribution in [3.05, 3.63) is 39.9 Å². The minimum atomic E-state index is 0. The van der Waals surface area contributed by atoms with Crippen molar-refractivity contribution >= 4 is 17.1 Å². The van der Waals surface area contributed by atoms with Crippen molar-refractivity contribution in [3.8, 4) is 0 Å². The highest BCUT2D eigenvalue weighted by molar-refractivity contribution is 7.09. The van der Waals surface area contributed by atoms with Crippen LogP contribution in [-0.2, 0) is 11.3 Å². The molecular formula is C13H16ClNOS. The first-order valence-electron chi connectivity index (χ1n) is 5.51. The van der Waals surface area contributed by atoms with Crippen LogP contribution in [0.1, 0.15) is 23.4 Å². The molecule has 0 radical (unpaired) electrons. The Bertz CT molecular complexity index is 474. The molecule has 1 heterocycles. The molecule has 2 nitrogen and oxygen atoms in total. The average Bonchev–Trinajstić information content (AvgIpc) is 2.59. The largest absolute Gasteiger partial charge is 1.00 e. The first-order valence-corrected chi connectivity index (χ1v) is 6.39. The van der Waals surface area contributed by atoms with Gasteiger partial charge in [0.1, 0.15) is 0 Å². The van der Waals surface area contributed by atoms with Gasteiger partial charge in [0.15, 0.2) is 18.0 Å². The lowest BCUT2D eigenvalue weighted by Crippen LogP contribution is -3.00. The highest BCUT2D eigenvalue weighted by Crippen LogP contribution is 2.13. The quantitative estimate of drug-likeness (QED) is 0.678. The monoisotopic (exact) mass is 269 g/mol. The van der Waals surface area contributed by atoms with Crippen molar-refractivity contribution in [2.45, 2.75) is 33.2 Å². The Morgan fingerprint density at radius 1 is 1.41 bits per heavy atom. The SMILES string of the molecule is Cc1sc[n+](CCC2=CC=CCC2=O)c1C.[Cl-]. The van der Waals surface area contributed by atoms with E-state index in [-0.39, 0.29) is 18.2 Å². The van der Waals surface area contributed by atoms with E-state index in [2.05, 4.69) is 23.9 Å². The van der Waals surface area contributed by atoms with Gasteiger partial charge in [0.2, 0.25) is 5.51 Å². The van der Waals surface area contributed by atoms with Crippen LogP contribution in [0.5, 0.6) is 0 Å². The van der Waals surface area contributed by atoms with E-state index in [1.54, 1.807) is 11.3 Å². The number of thiazole rings is 1. The van der Waals surface area contributed by atoms with E-state index in [9.17, 15) is 4.79 Å². The van der Waals surface area contributed by atoms with Gasteiger partial charge in [-0.1, -0.05) is 29.6 Å². The third kappa shape index (κ3) is 3.27. The number of Topliss-reactive ketones (excluding diaryl/α,β-unsaturated/α-hetero) is 1. The second kappa shape index (κ2) is 6.12. The number of ketones is 1. The summed E-state index contributed by atoms with van der Waals surface area (Å²) in [7, 11) is 0. The van der Waals surface area contributed by atoms with Gasteiger partial charge >= 0.3 is 0 Å². The molecule has 0 atom stereocenters. The number of carbonyl (C=O) groups excluding carboxylic acids is 1. The molecule has 1 aromatic rings. The number of allylic oxidation sites excluding steroid dienone is 4. The number of hydrogen-bond acceptors (Lipinski definition) is 2. The molecule has 0 fully saturated rings. The summed E-state index contributed by atoms with van der Waals surface area (Å²) in [5.41, 5.74) is 4.40. The molecule has 17 heavy (non-hydrogen) atoms. The summed E-state index contributed by atoms with van der Waals surface area (Å²) in [4.78, 5) is 12.9. The van der Waals surface area contributed by atoms with Gasteiger partial charge < -0.3 is 12.4 Å². The summed E-state index contributed by atoms with van der Waals surface area (Å²) in [5, 5.41) is 0. The van der Waals surface area contributed by atoms with Gasteiger partial charge in [-0.05, 0) is 6.92 Å². The van der Waals surface area contributed by atoms with Crippen molar-refractivity contribution < 1.29 is 21.8 Å². The smallest absolute Gasteiger partial charge is 0.225 e. The van der Waals surface area contributed by atoms with Crippen molar-refractivity contribution in [1.82, 2.24) is 0 Å². The summed E-state index contributed by atoms with van der Waals surface area (Å²) < 4.78 is 2.23. The van der Waals surface area contributed by atoms with E-state index in [4.69, 9.17) is 0 Å². The topological polar surface area (TPSA) is 20.9 Å². The fraction of sp³-hybridized carbons (Fsp3) is 0.385. The molecule has 2 rings (SSSR count). The molecule has 0 N–H and O–H groups in total. The minimum absolute atomic E-state index is 0. The van der Waals surface area contributed by atoms with Crippen molar-refractivity contribution in [2.75, 3.05) is 0 Å². The zero-order valence-corrected chi connectivity index (χ0v) is 11.6. The molecule has 1 aliphatic rings. The van der Waals surface area contributed by atoms with E-state index >= 15 is 0 Å². The van der Waals surface area contributed by atoms with E-state index in [1.807, 2.05) is 18.2 Å². The lowest BCUT2D eigenvalue weighted by atomic mass is 10.0. The summed E-state index contributed by atoms with van der Waals surface area (Å²) in [5.74, 6) is 0.271. The number of halogens is 1. The number of carbonyl (C=O) groups is 1. The summed E-state index contributed by atoms with van der Waals surface area (Å²) in [6.07, 6.45) is 7.25. The first kappa shape index (κ1) is 14.1. The molecule has 0 saturated carbocycles.